The van der Waals surface area contributed by atoms with E-state index in [9.17, 15) is 9.59 Å². The van der Waals surface area contributed by atoms with Crippen molar-refractivity contribution in [2.45, 2.75) is 32.2 Å². The molecule has 3 aromatic rings. The normalized spacial score (nSPS) is 16.3. The molecular weight excluding hydrogens is 348 g/mol. The Hall–Kier alpha value is -3.49. The van der Waals surface area contributed by atoms with Crippen LogP contribution in [0.3, 0.4) is 0 Å². The van der Waals surface area contributed by atoms with Crippen LogP contribution in [0.4, 0.5) is 5.88 Å². The Kier molecular flexibility index (Phi) is 4.41. The van der Waals surface area contributed by atoms with Gasteiger partial charge in [-0.25, -0.2) is 0 Å². The summed E-state index contributed by atoms with van der Waals surface area (Å²) in [6.45, 7) is 1.82. The summed E-state index contributed by atoms with van der Waals surface area (Å²) in [5.41, 5.74) is 2.64. The van der Waals surface area contributed by atoms with Crippen LogP contribution in [0, 0.1) is 6.92 Å². The van der Waals surface area contributed by atoms with Crippen molar-refractivity contribution in [2.75, 3.05) is 5.32 Å². The monoisotopic (exact) mass is 366 g/mol. The Balaban J connectivity index is 1.41. The van der Waals surface area contributed by atoms with Gasteiger partial charge < -0.3 is 14.8 Å². The molecule has 1 aromatic carbocycles. The number of hydrogen-bond donors (Lipinski definition) is 3. The Morgan fingerprint density at radius 3 is 2.93 bits per heavy atom. The Morgan fingerprint density at radius 2 is 2.11 bits per heavy atom. The zero-order valence-corrected chi connectivity index (χ0v) is 14.7. The molecule has 27 heavy (non-hydrogen) atoms. The SMILES string of the molecule is Cc1noc2c1CCC(NC(=O)c1nnc(Cc3ccccc3)[nH]1)C(=O)N2. The molecule has 0 radical (unpaired) electrons. The molecule has 0 aliphatic carbocycles. The van der Waals surface area contributed by atoms with Gasteiger partial charge in [-0.2, -0.15) is 0 Å². The summed E-state index contributed by atoms with van der Waals surface area (Å²) in [4.78, 5) is 27.7. The van der Waals surface area contributed by atoms with E-state index in [1.54, 1.807) is 0 Å². The van der Waals surface area contributed by atoms with E-state index in [-0.39, 0.29) is 11.7 Å². The van der Waals surface area contributed by atoms with E-state index in [4.69, 9.17) is 4.52 Å². The predicted octanol–water partition coefficient (Wildman–Crippen LogP) is 1.38. The lowest BCUT2D eigenvalue weighted by atomic mass is 10.1. The fourth-order valence-corrected chi connectivity index (χ4v) is 3.03. The molecule has 0 fully saturated rings. The fourth-order valence-electron chi connectivity index (χ4n) is 3.03. The molecule has 4 rings (SSSR count). The number of nitrogens with zero attached hydrogens (tertiary/aromatic N) is 3. The minimum Gasteiger partial charge on any atom is -0.338 e. The average Bonchev–Trinajstić information content (AvgIpc) is 3.22. The maximum Gasteiger partial charge on any atom is 0.289 e. The Morgan fingerprint density at radius 1 is 1.30 bits per heavy atom. The quantitative estimate of drug-likeness (QED) is 0.640. The molecule has 9 heteroatoms. The maximum absolute atomic E-state index is 12.5. The molecule has 0 saturated heterocycles. The Labute approximate surface area is 154 Å². The number of carbonyl (C=O) groups excluding carboxylic acids is 2. The van der Waals surface area contributed by atoms with Crippen LogP contribution in [0.2, 0.25) is 0 Å². The number of aromatic amines is 1. The van der Waals surface area contributed by atoms with E-state index in [1.807, 2.05) is 37.3 Å². The van der Waals surface area contributed by atoms with Gasteiger partial charge in [0.05, 0.1) is 5.69 Å². The second-order valence-electron chi connectivity index (χ2n) is 6.41. The van der Waals surface area contributed by atoms with Crippen LogP contribution in [0.1, 0.15) is 39.7 Å². The van der Waals surface area contributed by atoms with Crippen molar-refractivity contribution < 1.29 is 14.1 Å². The molecule has 2 aromatic heterocycles. The first kappa shape index (κ1) is 17.0. The lowest BCUT2D eigenvalue weighted by Crippen LogP contribution is -2.43. The van der Waals surface area contributed by atoms with Crippen LogP contribution in [-0.4, -0.2) is 38.2 Å². The number of amides is 2. The number of hydrogen-bond acceptors (Lipinski definition) is 6. The molecule has 3 heterocycles. The first-order chi connectivity index (χ1) is 13.1. The van der Waals surface area contributed by atoms with E-state index in [0.29, 0.717) is 31.0 Å². The van der Waals surface area contributed by atoms with Crippen molar-refractivity contribution in [3.8, 4) is 0 Å². The zero-order chi connectivity index (χ0) is 18.8. The lowest BCUT2D eigenvalue weighted by molar-refractivity contribution is -0.118. The maximum atomic E-state index is 12.5. The van der Waals surface area contributed by atoms with E-state index in [2.05, 4.69) is 31.0 Å². The van der Waals surface area contributed by atoms with Crippen molar-refractivity contribution in [1.29, 1.82) is 0 Å². The molecule has 1 aliphatic rings. The number of fused-ring (bicyclic) bond motifs is 1. The first-order valence-electron chi connectivity index (χ1n) is 8.62. The van der Waals surface area contributed by atoms with Crippen molar-refractivity contribution in [3.63, 3.8) is 0 Å². The van der Waals surface area contributed by atoms with E-state index < -0.39 is 11.9 Å². The standard InChI is InChI=1S/C18H18N6O3/c1-10-12-7-8-13(16(25)21-18(12)27-24-10)19-17(26)15-20-14(22-23-15)9-11-5-3-2-4-6-11/h2-6,13H,7-9H2,1H3,(H,19,26)(H,21,25)(H,20,22,23). The van der Waals surface area contributed by atoms with E-state index in [1.165, 1.54) is 0 Å². The molecule has 1 aliphatic heterocycles. The number of nitrogens with one attached hydrogen (secondary N) is 3. The summed E-state index contributed by atoms with van der Waals surface area (Å²) in [7, 11) is 0. The van der Waals surface area contributed by atoms with Crippen LogP contribution in [0.25, 0.3) is 0 Å². The van der Waals surface area contributed by atoms with Crippen LogP contribution in [0.15, 0.2) is 34.9 Å². The number of aromatic nitrogens is 4. The van der Waals surface area contributed by atoms with Gasteiger partial charge in [0, 0.05) is 12.0 Å². The highest BCUT2D eigenvalue weighted by Gasteiger charge is 2.29. The van der Waals surface area contributed by atoms with Gasteiger partial charge in [0.1, 0.15) is 11.9 Å². The second kappa shape index (κ2) is 7.02. The highest BCUT2D eigenvalue weighted by atomic mass is 16.5. The molecule has 138 valence electrons. The second-order valence-corrected chi connectivity index (χ2v) is 6.41. The number of H-pyrrole nitrogens is 1. The smallest absolute Gasteiger partial charge is 0.289 e. The predicted molar refractivity (Wildman–Crippen MR) is 95.1 cm³/mol. The topological polar surface area (TPSA) is 126 Å². The summed E-state index contributed by atoms with van der Waals surface area (Å²) < 4.78 is 5.11. The lowest BCUT2D eigenvalue weighted by Gasteiger charge is -2.13. The molecule has 0 bridgehead atoms. The molecule has 1 unspecified atom stereocenters. The molecule has 3 N–H and O–H groups in total. The molecule has 1 atom stereocenters. The average molecular weight is 366 g/mol. The number of rotatable bonds is 4. The number of anilines is 1. The molecule has 9 nitrogen and oxygen atoms in total. The summed E-state index contributed by atoms with van der Waals surface area (Å²) in [5.74, 6) is 0.182. The van der Waals surface area contributed by atoms with Crippen molar-refractivity contribution in [3.05, 3.63) is 58.8 Å². The molecule has 0 saturated carbocycles. The van der Waals surface area contributed by atoms with Crippen LogP contribution in [0.5, 0.6) is 0 Å². The molecule has 2 amide bonds. The van der Waals surface area contributed by atoms with Gasteiger partial charge in [-0.1, -0.05) is 35.5 Å². The number of benzene rings is 1. The molecular formula is C18H18N6O3. The summed E-state index contributed by atoms with van der Waals surface area (Å²) >= 11 is 0. The van der Waals surface area contributed by atoms with Crippen LogP contribution >= 0.6 is 0 Å². The van der Waals surface area contributed by atoms with Gasteiger partial charge in [-0.15, -0.1) is 10.2 Å². The highest BCUT2D eigenvalue weighted by Crippen LogP contribution is 2.24. The van der Waals surface area contributed by atoms with E-state index >= 15 is 0 Å². The minimum absolute atomic E-state index is 0.0764. The highest BCUT2D eigenvalue weighted by molar-refractivity contribution is 6.00. The first-order valence-corrected chi connectivity index (χ1v) is 8.62. The zero-order valence-electron chi connectivity index (χ0n) is 14.7. The van der Waals surface area contributed by atoms with Gasteiger partial charge >= 0.3 is 0 Å². The van der Waals surface area contributed by atoms with E-state index in [0.717, 1.165) is 16.8 Å². The van der Waals surface area contributed by atoms with Crippen molar-refractivity contribution >= 4 is 17.7 Å². The minimum atomic E-state index is -0.692. The van der Waals surface area contributed by atoms with Crippen molar-refractivity contribution in [2.24, 2.45) is 0 Å². The number of carbonyl (C=O) groups is 2. The summed E-state index contributed by atoms with van der Waals surface area (Å²) in [6, 6.07) is 9.05. The Bertz CT molecular complexity index is 978. The summed E-state index contributed by atoms with van der Waals surface area (Å²) in [6.07, 6.45) is 1.55. The van der Waals surface area contributed by atoms with Gasteiger partial charge in [0.25, 0.3) is 5.91 Å². The van der Waals surface area contributed by atoms with Gasteiger partial charge in [0.15, 0.2) is 0 Å². The van der Waals surface area contributed by atoms with Crippen LogP contribution in [-0.2, 0) is 17.6 Å². The van der Waals surface area contributed by atoms with Gasteiger partial charge in [-0.3, -0.25) is 14.9 Å². The third-order valence-electron chi connectivity index (χ3n) is 4.49. The molecule has 0 spiro atoms. The third-order valence-corrected chi connectivity index (χ3v) is 4.49. The number of aryl methyl sites for hydroxylation is 1. The van der Waals surface area contributed by atoms with Crippen molar-refractivity contribution in [1.82, 2.24) is 25.7 Å². The van der Waals surface area contributed by atoms with Gasteiger partial charge in [0.2, 0.25) is 17.6 Å². The fraction of sp³-hybridized carbons (Fsp3) is 0.278. The largest absolute Gasteiger partial charge is 0.338 e. The third kappa shape index (κ3) is 3.57. The van der Waals surface area contributed by atoms with Crippen LogP contribution < -0.4 is 10.6 Å². The summed E-state index contributed by atoms with van der Waals surface area (Å²) in [5, 5.41) is 17.1. The van der Waals surface area contributed by atoms with Gasteiger partial charge in [-0.05, 0) is 25.3 Å².